The van der Waals surface area contributed by atoms with E-state index >= 15 is 0 Å². The molecular formula is C16H30N2O2. The van der Waals surface area contributed by atoms with E-state index in [1.165, 1.54) is 19.3 Å². The first-order valence-corrected chi connectivity index (χ1v) is 8.38. The van der Waals surface area contributed by atoms with Crippen molar-refractivity contribution in [2.24, 2.45) is 5.92 Å². The molecule has 4 nitrogen and oxygen atoms in total. The van der Waals surface area contributed by atoms with Gasteiger partial charge in [0.1, 0.15) is 0 Å². The zero-order chi connectivity index (χ0) is 14.3. The van der Waals surface area contributed by atoms with Crippen molar-refractivity contribution in [3.05, 3.63) is 0 Å². The van der Waals surface area contributed by atoms with E-state index in [0.717, 1.165) is 51.8 Å². The van der Waals surface area contributed by atoms with Crippen molar-refractivity contribution in [2.45, 2.75) is 63.9 Å². The maximum atomic E-state index is 12.3. The predicted molar refractivity (Wildman–Crippen MR) is 80.7 cm³/mol. The van der Waals surface area contributed by atoms with Gasteiger partial charge >= 0.3 is 0 Å². The second kappa shape index (κ2) is 7.99. The van der Waals surface area contributed by atoms with Crippen LogP contribution in [0.2, 0.25) is 0 Å². The molecule has 20 heavy (non-hydrogen) atoms. The summed E-state index contributed by atoms with van der Waals surface area (Å²) in [5, 5.41) is 6.49. The Bertz CT molecular complexity index is 295. The minimum Gasteiger partial charge on any atom is -0.373 e. The molecule has 1 aliphatic heterocycles. The summed E-state index contributed by atoms with van der Waals surface area (Å²) in [5.74, 6) is 0.430. The summed E-state index contributed by atoms with van der Waals surface area (Å²) in [4.78, 5) is 12.3. The third-order valence-electron chi connectivity index (χ3n) is 4.67. The van der Waals surface area contributed by atoms with E-state index in [1.807, 2.05) is 0 Å². The average Bonchev–Trinajstić information content (AvgIpc) is 2.52. The summed E-state index contributed by atoms with van der Waals surface area (Å²) in [7, 11) is 0. The van der Waals surface area contributed by atoms with E-state index in [9.17, 15) is 4.79 Å². The van der Waals surface area contributed by atoms with Crippen LogP contribution in [0.5, 0.6) is 0 Å². The van der Waals surface area contributed by atoms with Gasteiger partial charge in [-0.2, -0.15) is 0 Å². The van der Waals surface area contributed by atoms with Crippen LogP contribution in [0.25, 0.3) is 0 Å². The molecule has 1 saturated carbocycles. The Hall–Kier alpha value is -0.610. The standard InChI is InChI=1S/C16H30N2O2/c1-2-12-20-16(8-4-3-5-9-16)13-18-15(19)14-6-10-17-11-7-14/h14,17H,2-13H2,1H3,(H,18,19). The normalized spacial score (nSPS) is 23.4. The third-order valence-corrected chi connectivity index (χ3v) is 4.67. The molecule has 0 aromatic carbocycles. The number of carbonyl (C=O) groups is 1. The van der Waals surface area contributed by atoms with Crippen LogP contribution in [-0.2, 0) is 9.53 Å². The molecule has 2 aliphatic rings. The van der Waals surface area contributed by atoms with Crippen molar-refractivity contribution in [3.8, 4) is 0 Å². The number of piperidine rings is 1. The fourth-order valence-electron chi connectivity index (χ4n) is 3.36. The number of hydrogen-bond acceptors (Lipinski definition) is 3. The van der Waals surface area contributed by atoms with Crippen molar-refractivity contribution in [1.29, 1.82) is 0 Å². The summed E-state index contributed by atoms with van der Waals surface area (Å²) in [5.41, 5.74) is -0.0865. The van der Waals surface area contributed by atoms with Crippen LogP contribution in [-0.4, -0.2) is 37.7 Å². The molecule has 4 heteroatoms. The summed E-state index contributed by atoms with van der Waals surface area (Å²) >= 11 is 0. The molecule has 0 unspecified atom stereocenters. The molecule has 1 heterocycles. The van der Waals surface area contributed by atoms with Crippen LogP contribution in [0.3, 0.4) is 0 Å². The highest BCUT2D eigenvalue weighted by Crippen LogP contribution is 2.31. The topological polar surface area (TPSA) is 50.4 Å². The van der Waals surface area contributed by atoms with Gasteiger partial charge in [-0.3, -0.25) is 4.79 Å². The second-order valence-electron chi connectivity index (χ2n) is 6.33. The first-order chi connectivity index (χ1) is 9.76. The number of nitrogens with one attached hydrogen (secondary N) is 2. The Morgan fingerprint density at radius 1 is 1.25 bits per heavy atom. The van der Waals surface area contributed by atoms with E-state index in [0.29, 0.717) is 6.54 Å². The molecule has 1 saturated heterocycles. The predicted octanol–water partition coefficient (Wildman–Crippen LogP) is 2.23. The first kappa shape index (κ1) is 15.8. The summed E-state index contributed by atoms with van der Waals surface area (Å²) in [6.45, 7) is 5.59. The summed E-state index contributed by atoms with van der Waals surface area (Å²) in [6.07, 6.45) is 8.94. The second-order valence-corrected chi connectivity index (χ2v) is 6.33. The quantitative estimate of drug-likeness (QED) is 0.785. The fraction of sp³-hybridized carbons (Fsp3) is 0.938. The van der Waals surface area contributed by atoms with Gasteiger partial charge in [-0.15, -0.1) is 0 Å². The average molecular weight is 282 g/mol. The number of ether oxygens (including phenoxy) is 1. The Morgan fingerprint density at radius 3 is 2.60 bits per heavy atom. The number of hydrogen-bond donors (Lipinski definition) is 2. The van der Waals surface area contributed by atoms with E-state index in [1.54, 1.807) is 0 Å². The zero-order valence-electron chi connectivity index (χ0n) is 12.9. The van der Waals surface area contributed by atoms with Gasteiger partial charge in [-0.1, -0.05) is 26.2 Å². The lowest BCUT2D eigenvalue weighted by molar-refractivity contribution is -0.129. The van der Waals surface area contributed by atoms with Gasteiger partial charge in [0.2, 0.25) is 5.91 Å². The molecule has 0 aromatic rings. The Kier molecular flexibility index (Phi) is 6.30. The largest absolute Gasteiger partial charge is 0.373 e. The van der Waals surface area contributed by atoms with Crippen molar-refractivity contribution >= 4 is 5.91 Å². The van der Waals surface area contributed by atoms with Gasteiger partial charge in [-0.25, -0.2) is 0 Å². The Labute approximate surface area is 123 Å². The molecule has 116 valence electrons. The minimum atomic E-state index is -0.0865. The van der Waals surface area contributed by atoms with Crippen molar-refractivity contribution in [1.82, 2.24) is 10.6 Å². The highest BCUT2D eigenvalue weighted by Gasteiger charge is 2.34. The summed E-state index contributed by atoms with van der Waals surface area (Å²) < 4.78 is 6.13. The monoisotopic (exact) mass is 282 g/mol. The van der Waals surface area contributed by atoms with Crippen LogP contribution >= 0.6 is 0 Å². The molecule has 0 spiro atoms. The number of amides is 1. The van der Waals surface area contributed by atoms with E-state index in [-0.39, 0.29) is 17.4 Å². The van der Waals surface area contributed by atoms with E-state index < -0.39 is 0 Å². The number of carbonyl (C=O) groups excluding carboxylic acids is 1. The van der Waals surface area contributed by atoms with Crippen LogP contribution in [0, 0.1) is 5.92 Å². The van der Waals surface area contributed by atoms with Gasteiger partial charge in [0.25, 0.3) is 0 Å². The molecule has 0 aromatic heterocycles. The smallest absolute Gasteiger partial charge is 0.223 e. The first-order valence-electron chi connectivity index (χ1n) is 8.38. The third kappa shape index (κ3) is 4.45. The highest BCUT2D eigenvalue weighted by molar-refractivity contribution is 5.78. The molecule has 2 fully saturated rings. The molecule has 0 atom stereocenters. The zero-order valence-corrected chi connectivity index (χ0v) is 12.9. The maximum absolute atomic E-state index is 12.3. The lowest BCUT2D eigenvalue weighted by Crippen LogP contribution is -2.48. The van der Waals surface area contributed by atoms with Crippen LogP contribution in [0.1, 0.15) is 58.3 Å². The SMILES string of the molecule is CCCOC1(CNC(=O)C2CCNCC2)CCCCC1. The van der Waals surface area contributed by atoms with E-state index in [4.69, 9.17) is 4.74 Å². The molecule has 2 rings (SSSR count). The van der Waals surface area contributed by atoms with Gasteiger partial charge < -0.3 is 15.4 Å². The molecule has 0 radical (unpaired) electrons. The van der Waals surface area contributed by atoms with Gasteiger partial charge in [-0.05, 0) is 45.2 Å². The van der Waals surface area contributed by atoms with Crippen LogP contribution in [0.4, 0.5) is 0 Å². The van der Waals surface area contributed by atoms with Crippen molar-refractivity contribution in [3.63, 3.8) is 0 Å². The Balaban J connectivity index is 1.82. The minimum absolute atomic E-state index is 0.0865. The van der Waals surface area contributed by atoms with Crippen LogP contribution < -0.4 is 10.6 Å². The van der Waals surface area contributed by atoms with Crippen molar-refractivity contribution < 1.29 is 9.53 Å². The van der Waals surface area contributed by atoms with Gasteiger partial charge in [0.15, 0.2) is 0 Å². The molecule has 0 bridgehead atoms. The molecule has 1 amide bonds. The van der Waals surface area contributed by atoms with Crippen molar-refractivity contribution in [2.75, 3.05) is 26.2 Å². The summed E-state index contributed by atoms with van der Waals surface area (Å²) in [6, 6.07) is 0. The van der Waals surface area contributed by atoms with Gasteiger partial charge in [0, 0.05) is 19.1 Å². The lowest BCUT2D eigenvalue weighted by Gasteiger charge is -2.38. The van der Waals surface area contributed by atoms with Gasteiger partial charge in [0.05, 0.1) is 5.60 Å². The number of rotatable bonds is 6. The van der Waals surface area contributed by atoms with E-state index in [2.05, 4.69) is 17.6 Å². The molecule has 2 N–H and O–H groups in total. The molecular weight excluding hydrogens is 252 g/mol. The highest BCUT2D eigenvalue weighted by atomic mass is 16.5. The Morgan fingerprint density at radius 2 is 1.95 bits per heavy atom. The fourth-order valence-corrected chi connectivity index (χ4v) is 3.36. The lowest BCUT2D eigenvalue weighted by atomic mass is 9.84. The van der Waals surface area contributed by atoms with Crippen LogP contribution in [0.15, 0.2) is 0 Å². The molecule has 1 aliphatic carbocycles. The maximum Gasteiger partial charge on any atom is 0.223 e.